The number of nitrogens with one attached hydrogen (secondary N) is 2. The molecule has 230 valence electrons. The summed E-state index contributed by atoms with van der Waals surface area (Å²) >= 11 is -2.25. The Morgan fingerprint density at radius 2 is 1.91 bits per heavy atom. The van der Waals surface area contributed by atoms with E-state index in [9.17, 15) is 22.4 Å². The molecular formula is C29H32F4IN7O2. The molecule has 0 bridgehead atoms. The Labute approximate surface area is 253 Å². The summed E-state index contributed by atoms with van der Waals surface area (Å²) < 4.78 is 65.5. The average Bonchev–Trinajstić information content (AvgIpc) is 3.74. The van der Waals surface area contributed by atoms with Crippen LogP contribution in [-0.4, -0.2) is 73.5 Å². The van der Waals surface area contributed by atoms with Crippen molar-refractivity contribution in [3.8, 4) is 11.5 Å². The van der Waals surface area contributed by atoms with E-state index in [0.717, 1.165) is 47.2 Å². The number of rotatable bonds is 8. The molecular weight excluding hydrogens is 681 g/mol. The second-order valence-electron chi connectivity index (χ2n) is 10.7. The van der Waals surface area contributed by atoms with E-state index in [-0.39, 0.29) is 29.9 Å². The van der Waals surface area contributed by atoms with Crippen LogP contribution in [0.4, 0.5) is 28.9 Å². The van der Waals surface area contributed by atoms with Crippen LogP contribution in [0.25, 0.3) is 22.4 Å². The molecule has 4 heterocycles. The number of hydrogen-bond donors (Lipinski definition) is 2. The Morgan fingerprint density at radius 1 is 1.12 bits per heavy atom. The fourth-order valence-corrected chi connectivity index (χ4v) is 10.4. The summed E-state index contributed by atoms with van der Waals surface area (Å²) in [5.74, 6) is -0.304. The van der Waals surface area contributed by atoms with Gasteiger partial charge in [0.05, 0.1) is 0 Å². The fourth-order valence-electron chi connectivity index (χ4n) is 5.41. The van der Waals surface area contributed by atoms with Gasteiger partial charge in [-0.2, -0.15) is 0 Å². The van der Waals surface area contributed by atoms with E-state index >= 15 is 0 Å². The predicted molar refractivity (Wildman–Crippen MR) is 165 cm³/mol. The second-order valence-corrected chi connectivity index (χ2v) is 16.0. The Bertz CT molecular complexity index is 1600. The minimum atomic E-state index is -4.51. The molecule has 2 saturated heterocycles. The Balaban J connectivity index is 1.23. The molecule has 6 rings (SSSR count). The van der Waals surface area contributed by atoms with Gasteiger partial charge in [-0.25, -0.2) is 0 Å². The van der Waals surface area contributed by atoms with Crippen molar-refractivity contribution in [2.24, 2.45) is 0 Å². The molecule has 43 heavy (non-hydrogen) atoms. The maximum atomic E-state index is 14.8. The van der Waals surface area contributed by atoms with Gasteiger partial charge in [-0.05, 0) is 31.0 Å². The molecule has 0 radical (unpaired) electrons. The maximum absolute atomic E-state index is 14.8. The van der Waals surface area contributed by atoms with Gasteiger partial charge in [0.2, 0.25) is 0 Å². The monoisotopic (exact) mass is 713 g/mol. The first-order valence-corrected chi connectivity index (χ1v) is 17.9. The van der Waals surface area contributed by atoms with Gasteiger partial charge in [-0.3, -0.25) is 0 Å². The molecule has 4 aromatic rings. The molecule has 2 aromatic heterocycles. The topological polar surface area (TPSA) is 91.5 Å². The number of halogens is 5. The van der Waals surface area contributed by atoms with Gasteiger partial charge < -0.3 is 4.90 Å². The van der Waals surface area contributed by atoms with Crippen molar-refractivity contribution in [1.29, 1.82) is 0 Å². The summed E-state index contributed by atoms with van der Waals surface area (Å²) in [5.41, 5.74) is 2.51. The van der Waals surface area contributed by atoms with Crippen LogP contribution in [-0.2, 0) is 13.1 Å². The molecule has 9 nitrogen and oxygen atoms in total. The quantitative estimate of drug-likeness (QED) is 0.102. The molecule has 2 fully saturated rings. The normalized spacial score (nSPS) is 18.9. The van der Waals surface area contributed by atoms with E-state index in [4.69, 9.17) is 4.52 Å². The summed E-state index contributed by atoms with van der Waals surface area (Å²) in [7, 11) is 1.88. The van der Waals surface area contributed by atoms with Crippen LogP contribution in [0, 0.1) is 0 Å². The third kappa shape index (κ3) is 6.74. The molecule has 0 saturated carbocycles. The number of anilines is 2. The van der Waals surface area contributed by atoms with Gasteiger partial charge in [0.1, 0.15) is 0 Å². The van der Waals surface area contributed by atoms with Crippen LogP contribution >= 0.6 is 20.1 Å². The van der Waals surface area contributed by atoms with Crippen molar-refractivity contribution in [3.05, 3.63) is 60.0 Å². The number of benzene rings is 2. The zero-order chi connectivity index (χ0) is 30.1. The zero-order valence-electron chi connectivity index (χ0n) is 23.5. The molecule has 2 N–H and O–H groups in total. The summed E-state index contributed by atoms with van der Waals surface area (Å²) in [6.45, 7) is 1.68. The molecule has 1 atom stereocenters. The van der Waals surface area contributed by atoms with Gasteiger partial charge in [-0.1, -0.05) is 6.07 Å². The molecule has 2 aliphatic heterocycles. The predicted octanol–water partition coefficient (Wildman–Crippen LogP) is 5.86. The van der Waals surface area contributed by atoms with Crippen LogP contribution in [0.15, 0.2) is 53.1 Å². The van der Waals surface area contributed by atoms with E-state index < -0.39 is 37.0 Å². The Hall–Kier alpha value is -3.40. The first-order chi connectivity index (χ1) is 20.6. The number of nitrogens with zero attached hydrogens (tertiary/aromatic N) is 5. The van der Waals surface area contributed by atoms with Crippen molar-refractivity contribution in [3.63, 3.8) is 0 Å². The van der Waals surface area contributed by atoms with Crippen LogP contribution in [0.5, 0.6) is 0 Å². The third-order valence-corrected chi connectivity index (χ3v) is 12.5. The summed E-state index contributed by atoms with van der Waals surface area (Å²) in [4.78, 5) is 21.3. The number of carbonyl (C=O) groups excluding carboxylic acids is 1. The number of carbonyl (C=O) groups is 1. The molecule has 0 aliphatic carbocycles. The van der Waals surface area contributed by atoms with E-state index in [1.807, 2.05) is 30.1 Å². The summed E-state index contributed by atoms with van der Waals surface area (Å²) in [6.07, 6.45) is -2.27. The van der Waals surface area contributed by atoms with Crippen molar-refractivity contribution in [2.75, 3.05) is 46.1 Å². The Kier molecular flexibility index (Phi) is 8.49. The van der Waals surface area contributed by atoms with Crippen LogP contribution in [0.1, 0.15) is 29.1 Å². The van der Waals surface area contributed by atoms with Gasteiger partial charge in [0.25, 0.3) is 0 Å². The van der Waals surface area contributed by atoms with Gasteiger partial charge in [0, 0.05) is 18.8 Å². The molecule has 2 aliphatic rings. The van der Waals surface area contributed by atoms with E-state index in [1.54, 1.807) is 30.3 Å². The number of fused-ring (bicyclic) bond motifs is 1. The van der Waals surface area contributed by atoms with Crippen LogP contribution < -0.4 is 13.7 Å². The second kappa shape index (κ2) is 12.3. The van der Waals surface area contributed by atoms with E-state index in [2.05, 4.69) is 23.9 Å². The SMILES string of the molecule is CN1CCI(Nc2cccc3c2cc(-c2noc(CNC(=O)c4cccc(N5CCCC5)c4)n2)n3CC(F)(F)F)[C@@H](F)C1. The number of alkyl halides is 6. The van der Waals surface area contributed by atoms with Gasteiger partial charge >= 0.3 is 193 Å². The minimum absolute atomic E-state index is 0.0341. The van der Waals surface area contributed by atoms with Crippen molar-refractivity contribution >= 4 is 48.3 Å². The Morgan fingerprint density at radius 3 is 2.67 bits per heavy atom. The molecule has 0 unspecified atom stereocenters. The number of aromatic nitrogens is 3. The molecule has 2 aromatic carbocycles. The fraction of sp³-hybridized carbons (Fsp3) is 0.414. The van der Waals surface area contributed by atoms with Crippen molar-refractivity contribution < 1.29 is 26.9 Å². The van der Waals surface area contributed by atoms with Gasteiger partial charge in [0.15, 0.2) is 0 Å². The first-order valence-electron chi connectivity index (χ1n) is 14.0. The molecule has 14 heteroatoms. The standard InChI is InChI=1S/C29H32F4IN7O2/c1-39-13-10-34(25(30)17-39)37-22-8-5-9-23-21(22)15-24(41(23)18-29(31,32)33)27-36-26(43-38-27)16-35-28(42)19-6-4-7-20(14-19)40-11-2-3-12-40/h4-9,14-15,25,37H,2-3,10-13,16-18H2,1H3,(H,35,42)/t25-/m1/s1. The van der Waals surface area contributed by atoms with Gasteiger partial charge in [-0.15, -0.1) is 0 Å². The molecule has 0 spiro atoms. The number of hydrogen-bond acceptors (Lipinski definition) is 7. The van der Waals surface area contributed by atoms with Crippen molar-refractivity contribution in [1.82, 2.24) is 24.9 Å². The summed E-state index contributed by atoms with van der Waals surface area (Å²) in [5, 5.41) is 7.23. The zero-order valence-corrected chi connectivity index (χ0v) is 25.7. The summed E-state index contributed by atoms with van der Waals surface area (Å²) in [6, 6.07) is 14.0. The van der Waals surface area contributed by atoms with Crippen LogP contribution in [0.3, 0.4) is 0 Å². The van der Waals surface area contributed by atoms with E-state index in [1.165, 1.54) is 0 Å². The van der Waals surface area contributed by atoms with Crippen LogP contribution in [0.2, 0.25) is 0 Å². The average molecular weight is 714 g/mol. The van der Waals surface area contributed by atoms with E-state index in [0.29, 0.717) is 28.7 Å². The third-order valence-electron chi connectivity index (χ3n) is 7.59. The first kappa shape index (κ1) is 29.7. The van der Waals surface area contributed by atoms with Crippen molar-refractivity contribution in [2.45, 2.75) is 36.3 Å². The molecule has 1 amide bonds. The number of amides is 1.